The lowest BCUT2D eigenvalue weighted by Gasteiger charge is -2.16. The van der Waals surface area contributed by atoms with Gasteiger partial charge in [0.25, 0.3) is 5.91 Å². The molecule has 1 amide bonds. The molecule has 1 aliphatic carbocycles. The highest BCUT2D eigenvalue weighted by molar-refractivity contribution is 5.95. The molecule has 0 heterocycles. The Kier molecular flexibility index (Phi) is 3.43. The normalized spacial score (nSPS) is 23.1. The van der Waals surface area contributed by atoms with Crippen LogP contribution in [0, 0.1) is 24.2 Å². The summed E-state index contributed by atoms with van der Waals surface area (Å²) in [5, 5.41) is 11.9. The Bertz CT molecular complexity index is 462. The number of nitrogens with zero attached hydrogens (tertiary/aromatic N) is 1. The van der Waals surface area contributed by atoms with E-state index in [4.69, 9.17) is 5.26 Å². The summed E-state index contributed by atoms with van der Waals surface area (Å²) in [6.07, 6.45) is 2.84. The second-order valence-corrected chi connectivity index (χ2v) is 4.56. The monoisotopic (exact) mass is 228 g/mol. The first-order valence-corrected chi connectivity index (χ1v) is 5.98. The van der Waals surface area contributed by atoms with Crippen LogP contribution in [0.5, 0.6) is 0 Å². The van der Waals surface area contributed by atoms with E-state index in [0.29, 0.717) is 5.56 Å². The van der Waals surface area contributed by atoms with Crippen molar-refractivity contribution in [2.45, 2.75) is 32.2 Å². The molecule has 3 heteroatoms. The Hall–Kier alpha value is -1.82. The number of nitriles is 1. The number of carbonyl (C=O) groups is 1. The van der Waals surface area contributed by atoms with Gasteiger partial charge < -0.3 is 5.32 Å². The molecule has 2 atom stereocenters. The summed E-state index contributed by atoms with van der Waals surface area (Å²) in [6, 6.07) is 9.81. The number of amides is 1. The van der Waals surface area contributed by atoms with Crippen LogP contribution in [0.2, 0.25) is 0 Å². The van der Waals surface area contributed by atoms with Crippen LogP contribution in [0.25, 0.3) is 0 Å². The number of hydrogen-bond donors (Lipinski definition) is 1. The highest BCUT2D eigenvalue weighted by Crippen LogP contribution is 2.25. The van der Waals surface area contributed by atoms with Gasteiger partial charge in [-0.15, -0.1) is 0 Å². The maximum Gasteiger partial charge on any atom is 0.251 e. The van der Waals surface area contributed by atoms with Gasteiger partial charge in [-0.2, -0.15) is 5.26 Å². The topological polar surface area (TPSA) is 52.9 Å². The SMILES string of the molecule is Cc1ccccc1C(=O)NC1CCCC1C#N. The summed E-state index contributed by atoms with van der Waals surface area (Å²) in [4.78, 5) is 12.1. The van der Waals surface area contributed by atoms with Crippen molar-refractivity contribution < 1.29 is 4.79 Å². The summed E-state index contributed by atoms with van der Waals surface area (Å²) in [5.74, 6) is -0.0850. The third-order valence-corrected chi connectivity index (χ3v) is 3.39. The van der Waals surface area contributed by atoms with E-state index in [-0.39, 0.29) is 17.9 Å². The van der Waals surface area contributed by atoms with Crippen LogP contribution in [-0.4, -0.2) is 11.9 Å². The molecule has 88 valence electrons. The van der Waals surface area contributed by atoms with E-state index in [2.05, 4.69) is 11.4 Å². The van der Waals surface area contributed by atoms with E-state index in [1.54, 1.807) is 0 Å². The molecule has 1 aromatic carbocycles. The molecule has 0 bridgehead atoms. The van der Waals surface area contributed by atoms with Crippen molar-refractivity contribution >= 4 is 5.91 Å². The van der Waals surface area contributed by atoms with Crippen molar-refractivity contribution in [3.63, 3.8) is 0 Å². The second kappa shape index (κ2) is 5.01. The molecule has 1 saturated carbocycles. The van der Waals surface area contributed by atoms with Gasteiger partial charge in [0, 0.05) is 11.6 Å². The average Bonchev–Trinajstić information content (AvgIpc) is 2.76. The highest BCUT2D eigenvalue weighted by Gasteiger charge is 2.28. The van der Waals surface area contributed by atoms with Crippen LogP contribution >= 0.6 is 0 Å². The Balaban J connectivity index is 2.08. The van der Waals surface area contributed by atoms with Crippen molar-refractivity contribution in [3.05, 3.63) is 35.4 Å². The van der Waals surface area contributed by atoms with Crippen LogP contribution in [0.3, 0.4) is 0 Å². The molecule has 0 saturated heterocycles. The van der Waals surface area contributed by atoms with Gasteiger partial charge in [-0.25, -0.2) is 0 Å². The van der Waals surface area contributed by atoms with E-state index in [0.717, 1.165) is 24.8 Å². The molecular formula is C14H16N2O. The molecule has 0 aliphatic heterocycles. The van der Waals surface area contributed by atoms with Crippen LogP contribution in [0.1, 0.15) is 35.2 Å². The van der Waals surface area contributed by atoms with E-state index in [9.17, 15) is 4.79 Å². The number of carbonyl (C=O) groups excluding carboxylic acids is 1. The summed E-state index contributed by atoms with van der Waals surface area (Å²) in [5.41, 5.74) is 1.67. The fourth-order valence-electron chi connectivity index (χ4n) is 2.36. The zero-order chi connectivity index (χ0) is 12.3. The molecule has 3 nitrogen and oxygen atoms in total. The zero-order valence-electron chi connectivity index (χ0n) is 9.94. The summed E-state index contributed by atoms with van der Waals surface area (Å²) in [6.45, 7) is 1.92. The number of rotatable bonds is 2. The van der Waals surface area contributed by atoms with E-state index < -0.39 is 0 Å². The second-order valence-electron chi connectivity index (χ2n) is 4.56. The Morgan fingerprint density at radius 2 is 2.18 bits per heavy atom. The average molecular weight is 228 g/mol. The molecule has 1 fully saturated rings. The molecule has 1 aromatic rings. The van der Waals surface area contributed by atoms with Crippen molar-refractivity contribution in [2.75, 3.05) is 0 Å². The molecule has 1 N–H and O–H groups in total. The fourth-order valence-corrected chi connectivity index (χ4v) is 2.36. The summed E-state index contributed by atoms with van der Waals surface area (Å²) >= 11 is 0. The molecule has 2 rings (SSSR count). The Labute approximate surface area is 101 Å². The molecule has 0 radical (unpaired) electrons. The smallest absolute Gasteiger partial charge is 0.251 e. The van der Waals surface area contributed by atoms with Crippen LogP contribution in [-0.2, 0) is 0 Å². The molecule has 1 aliphatic rings. The van der Waals surface area contributed by atoms with Gasteiger partial charge in [-0.3, -0.25) is 4.79 Å². The van der Waals surface area contributed by atoms with Gasteiger partial charge in [0.1, 0.15) is 0 Å². The van der Waals surface area contributed by atoms with Crippen LogP contribution < -0.4 is 5.32 Å². The first-order chi connectivity index (χ1) is 8.22. The van der Waals surface area contributed by atoms with Gasteiger partial charge in [0.15, 0.2) is 0 Å². The van der Waals surface area contributed by atoms with Gasteiger partial charge in [-0.1, -0.05) is 18.2 Å². The highest BCUT2D eigenvalue weighted by atomic mass is 16.1. The predicted molar refractivity (Wildman–Crippen MR) is 65.4 cm³/mol. The van der Waals surface area contributed by atoms with Crippen LogP contribution in [0.4, 0.5) is 0 Å². The van der Waals surface area contributed by atoms with E-state index in [1.807, 2.05) is 31.2 Å². The van der Waals surface area contributed by atoms with Crippen molar-refractivity contribution in [2.24, 2.45) is 5.92 Å². The lowest BCUT2D eigenvalue weighted by molar-refractivity contribution is 0.0932. The number of hydrogen-bond acceptors (Lipinski definition) is 2. The van der Waals surface area contributed by atoms with Gasteiger partial charge in [0.2, 0.25) is 0 Å². The summed E-state index contributed by atoms with van der Waals surface area (Å²) < 4.78 is 0. The lowest BCUT2D eigenvalue weighted by Crippen LogP contribution is -2.37. The molecule has 0 spiro atoms. The minimum absolute atomic E-state index is 0.0205. The van der Waals surface area contributed by atoms with E-state index in [1.165, 1.54) is 0 Å². The molecule has 2 unspecified atom stereocenters. The number of aryl methyl sites for hydroxylation is 1. The third kappa shape index (κ3) is 2.47. The number of nitrogens with one attached hydrogen (secondary N) is 1. The largest absolute Gasteiger partial charge is 0.348 e. The minimum atomic E-state index is -0.0600. The summed E-state index contributed by atoms with van der Waals surface area (Å²) in [7, 11) is 0. The lowest BCUT2D eigenvalue weighted by atomic mass is 10.0. The van der Waals surface area contributed by atoms with Gasteiger partial charge in [-0.05, 0) is 37.8 Å². The fraction of sp³-hybridized carbons (Fsp3) is 0.429. The first kappa shape index (κ1) is 11.7. The standard InChI is InChI=1S/C14H16N2O/c1-10-5-2-3-7-12(10)14(17)16-13-8-4-6-11(13)9-15/h2-3,5,7,11,13H,4,6,8H2,1H3,(H,16,17). The molecular weight excluding hydrogens is 212 g/mol. The third-order valence-electron chi connectivity index (χ3n) is 3.39. The van der Waals surface area contributed by atoms with Gasteiger partial charge >= 0.3 is 0 Å². The van der Waals surface area contributed by atoms with Gasteiger partial charge in [0.05, 0.1) is 12.0 Å². The van der Waals surface area contributed by atoms with Crippen molar-refractivity contribution in [3.8, 4) is 6.07 Å². The first-order valence-electron chi connectivity index (χ1n) is 5.98. The Morgan fingerprint density at radius 3 is 2.88 bits per heavy atom. The molecule has 17 heavy (non-hydrogen) atoms. The molecule has 0 aromatic heterocycles. The van der Waals surface area contributed by atoms with Crippen molar-refractivity contribution in [1.82, 2.24) is 5.32 Å². The maximum absolute atomic E-state index is 12.1. The maximum atomic E-state index is 12.1. The number of benzene rings is 1. The van der Waals surface area contributed by atoms with E-state index >= 15 is 0 Å². The zero-order valence-corrected chi connectivity index (χ0v) is 9.94. The minimum Gasteiger partial charge on any atom is -0.348 e. The van der Waals surface area contributed by atoms with Crippen LogP contribution in [0.15, 0.2) is 24.3 Å². The Morgan fingerprint density at radius 1 is 1.41 bits per heavy atom. The predicted octanol–water partition coefficient (Wildman–Crippen LogP) is 2.42. The van der Waals surface area contributed by atoms with Crippen molar-refractivity contribution in [1.29, 1.82) is 5.26 Å². The quantitative estimate of drug-likeness (QED) is 0.845.